The fraction of sp³-hybridized carbons (Fsp3) is 0.333. The molecular weight excluding hydrogens is 236 g/mol. The Kier molecular flexibility index (Phi) is 3.42. The van der Waals surface area contributed by atoms with E-state index in [4.69, 9.17) is 5.73 Å². The lowest BCUT2D eigenvalue weighted by molar-refractivity contribution is 0.769. The second-order valence-electron chi connectivity index (χ2n) is 4.85. The second kappa shape index (κ2) is 5.36. The van der Waals surface area contributed by atoms with Gasteiger partial charge in [0, 0.05) is 37.6 Å². The van der Waals surface area contributed by atoms with E-state index in [9.17, 15) is 0 Å². The third kappa shape index (κ3) is 2.58. The Hall–Kier alpha value is -1.94. The summed E-state index contributed by atoms with van der Waals surface area (Å²) in [4.78, 5) is 11.1. The molecule has 0 saturated heterocycles. The zero-order valence-corrected chi connectivity index (χ0v) is 10.9. The van der Waals surface area contributed by atoms with Gasteiger partial charge in [-0.3, -0.25) is 0 Å². The molecule has 1 aliphatic heterocycles. The van der Waals surface area contributed by atoms with E-state index in [0.717, 1.165) is 37.4 Å². The molecule has 1 aromatic heterocycles. The molecule has 0 radical (unpaired) electrons. The highest BCUT2D eigenvalue weighted by molar-refractivity contribution is 5.36. The smallest absolute Gasteiger partial charge is 0.225 e. The molecule has 19 heavy (non-hydrogen) atoms. The van der Waals surface area contributed by atoms with Crippen molar-refractivity contribution in [2.45, 2.75) is 19.4 Å². The van der Waals surface area contributed by atoms with Crippen molar-refractivity contribution in [3.63, 3.8) is 0 Å². The quantitative estimate of drug-likeness (QED) is 0.883. The van der Waals surface area contributed by atoms with Crippen LogP contribution in [-0.2, 0) is 19.4 Å². The minimum absolute atomic E-state index is 0.492. The molecule has 0 fully saturated rings. The lowest BCUT2D eigenvalue weighted by atomic mass is 10.0. The van der Waals surface area contributed by atoms with Crippen LogP contribution in [0.15, 0.2) is 36.7 Å². The first kappa shape index (κ1) is 12.1. The fourth-order valence-corrected chi connectivity index (χ4v) is 2.48. The van der Waals surface area contributed by atoms with Gasteiger partial charge in [-0.15, -0.1) is 0 Å². The molecule has 2 heterocycles. The number of anilines is 1. The number of nitrogens with zero attached hydrogens (tertiary/aromatic N) is 3. The molecule has 0 atom stereocenters. The summed E-state index contributed by atoms with van der Waals surface area (Å²) in [5, 5.41) is 0. The zero-order chi connectivity index (χ0) is 13.1. The molecule has 2 N–H and O–H groups in total. The maximum Gasteiger partial charge on any atom is 0.225 e. The van der Waals surface area contributed by atoms with Crippen molar-refractivity contribution >= 4 is 5.95 Å². The SMILES string of the molecule is NCc1cnc(N2CCc3ccccc3CC2)nc1. The molecule has 0 saturated carbocycles. The Morgan fingerprint density at radius 1 is 1.00 bits per heavy atom. The number of aromatic nitrogens is 2. The number of hydrogen-bond acceptors (Lipinski definition) is 4. The maximum absolute atomic E-state index is 5.57. The average molecular weight is 254 g/mol. The van der Waals surface area contributed by atoms with E-state index >= 15 is 0 Å². The van der Waals surface area contributed by atoms with E-state index in [1.807, 2.05) is 12.4 Å². The first-order chi connectivity index (χ1) is 9.36. The van der Waals surface area contributed by atoms with E-state index in [0.29, 0.717) is 6.54 Å². The summed E-state index contributed by atoms with van der Waals surface area (Å²) in [7, 11) is 0. The van der Waals surface area contributed by atoms with Crippen LogP contribution in [0.5, 0.6) is 0 Å². The number of hydrogen-bond donors (Lipinski definition) is 1. The maximum atomic E-state index is 5.57. The average Bonchev–Trinajstić information content (AvgIpc) is 2.70. The van der Waals surface area contributed by atoms with Crippen LogP contribution in [0.25, 0.3) is 0 Å². The molecule has 4 heteroatoms. The first-order valence-corrected chi connectivity index (χ1v) is 6.69. The van der Waals surface area contributed by atoms with Gasteiger partial charge in [0.25, 0.3) is 0 Å². The molecule has 0 amide bonds. The normalized spacial score (nSPS) is 14.9. The van der Waals surface area contributed by atoms with Gasteiger partial charge in [-0.05, 0) is 24.0 Å². The standard InChI is InChI=1S/C15H18N4/c16-9-12-10-17-15(18-11-12)19-7-5-13-3-1-2-4-14(13)6-8-19/h1-4,10-11H,5-9,16H2. The lowest BCUT2D eigenvalue weighted by Crippen LogP contribution is -2.27. The van der Waals surface area contributed by atoms with E-state index in [-0.39, 0.29) is 0 Å². The fourth-order valence-electron chi connectivity index (χ4n) is 2.48. The Morgan fingerprint density at radius 3 is 2.11 bits per heavy atom. The van der Waals surface area contributed by atoms with Crippen molar-refractivity contribution < 1.29 is 0 Å². The topological polar surface area (TPSA) is 55.0 Å². The third-order valence-corrected chi connectivity index (χ3v) is 3.63. The Bertz CT molecular complexity index is 523. The van der Waals surface area contributed by atoms with E-state index in [1.165, 1.54) is 11.1 Å². The Morgan fingerprint density at radius 2 is 1.58 bits per heavy atom. The van der Waals surface area contributed by atoms with Gasteiger partial charge in [0.05, 0.1) is 0 Å². The molecular formula is C15H18N4. The minimum Gasteiger partial charge on any atom is -0.340 e. The van der Waals surface area contributed by atoms with E-state index in [2.05, 4.69) is 39.1 Å². The summed E-state index contributed by atoms with van der Waals surface area (Å²) < 4.78 is 0. The van der Waals surface area contributed by atoms with Gasteiger partial charge in [-0.1, -0.05) is 24.3 Å². The van der Waals surface area contributed by atoms with Gasteiger partial charge >= 0.3 is 0 Å². The van der Waals surface area contributed by atoms with Crippen LogP contribution in [-0.4, -0.2) is 23.1 Å². The van der Waals surface area contributed by atoms with Gasteiger partial charge in [-0.25, -0.2) is 9.97 Å². The van der Waals surface area contributed by atoms with Crippen molar-refractivity contribution in [3.8, 4) is 0 Å². The Labute approximate surface area is 113 Å². The number of benzene rings is 1. The van der Waals surface area contributed by atoms with Gasteiger partial charge in [0.2, 0.25) is 5.95 Å². The van der Waals surface area contributed by atoms with Gasteiger partial charge in [-0.2, -0.15) is 0 Å². The van der Waals surface area contributed by atoms with Gasteiger partial charge in [0.15, 0.2) is 0 Å². The monoisotopic (exact) mass is 254 g/mol. The highest BCUT2D eigenvalue weighted by Crippen LogP contribution is 2.18. The summed E-state index contributed by atoms with van der Waals surface area (Å²) >= 11 is 0. The highest BCUT2D eigenvalue weighted by Gasteiger charge is 2.15. The second-order valence-corrected chi connectivity index (χ2v) is 4.85. The summed E-state index contributed by atoms with van der Waals surface area (Å²) in [6.45, 7) is 2.43. The molecule has 2 aromatic rings. The number of rotatable bonds is 2. The summed E-state index contributed by atoms with van der Waals surface area (Å²) in [5.41, 5.74) is 9.44. The molecule has 1 aromatic carbocycles. The molecule has 1 aliphatic rings. The van der Waals surface area contributed by atoms with Crippen LogP contribution in [0.2, 0.25) is 0 Å². The number of fused-ring (bicyclic) bond motifs is 1. The van der Waals surface area contributed by atoms with Crippen molar-refractivity contribution in [2.24, 2.45) is 5.73 Å². The number of nitrogens with two attached hydrogens (primary N) is 1. The summed E-state index contributed by atoms with van der Waals surface area (Å²) in [6.07, 6.45) is 5.75. The predicted octanol–water partition coefficient (Wildman–Crippen LogP) is 1.54. The third-order valence-electron chi connectivity index (χ3n) is 3.63. The molecule has 0 spiro atoms. The highest BCUT2D eigenvalue weighted by atomic mass is 15.2. The molecule has 0 bridgehead atoms. The van der Waals surface area contributed by atoms with Crippen LogP contribution in [0.1, 0.15) is 16.7 Å². The van der Waals surface area contributed by atoms with Crippen LogP contribution < -0.4 is 10.6 Å². The van der Waals surface area contributed by atoms with Crippen LogP contribution >= 0.6 is 0 Å². The van der Waals surface area contributed by atoms with Crippen molar-refractivity contribution in [1.82, 2.24) is 9.97 Å². The molecule has 3 rings (SSSR count). The molecule has 98 valence electrons. The molecule has 4 nitrogen and oxygen atoms in total. The van der Waals surface area contributed by atoms with Gasteiger partial charge < -0.3 is 10.6 Å². The van der Waals surface area contributed by atoms with Crippen LogP contribution in [0.4, 0.5) is 5.95 Å². The van der Waals surface area contributed by atoms with Crippen LogP contribution in [0.3, 0.4) is 0 Å². The first-order valence-electron chi connectivity index (χ1n) is 6.69. The molecule has 0 aliphatic carbocycles. The largest absolute Gasteiger partial charge is 0.340 e. The van der Waals surface area contributed by atoms with E-state index in [1.54, 1.807) is 0 Å². The zero-order valence-electron chi connectivity index (χ0n) is 10.9. The Balaban J connectivity index is 1.77. The van der Waals surface area contributed by atoms with Crippen molar-refractivity contribution in [1.29, 1.82) is 0 Å². The summed E-state index contributed by atoms with van der Waals surface area (Å²) in [6, 6.07) is 8.66. The van der Waals surface area contributed by atoms with E-state index < -0.39 is 0 Å². The summed E-state index contributed by atoms with van der Waals surface area (Å²) in [5.74, 6) is 0.810. The van der Waals surface area contributed by atoms with Gasteiger partial charge in [0.1, 0.15) is 0 Å². The van der Waals surface area contributed by atoms with Crippen molar-refractivity contribution in [3.05, 3.63) is 53.3 Å². The molecule has 0 unspecified atom stereocenters. The minimum atomic E-state index is 0.492. The van der Waals surface area contributed by atoms with Crippen molar-refractivity contribution in [2.75, 3.05) is 18.0 Å². The predicted molar refractivity (Wildman–Crippen MR) is 76.0 cm³/mol. The lowest BCUT2D eigenvalue weighted by Gasteiger charge is -2.19. The van der Waals surface area contributed by atoms with Crippen LogP contribution in [0, 0.1) is 0 Å².